The van der Waals surface area contributed by atoms with E-state index in [9.17, 15) is 14.4 Å². The van der Waals surface area contributed by atoms with Gasteiger partial charge in [0.05, 0.1) is 10.6 Å². The Morgan fingerprint density at radius 1 is 1.00 bits per heavy atom. The second kappa shape index (κ2) is 11.7. The highest BCUT2D eigenvalue weighted by Crippen LogP contribution is 2.22. The molecule has 2 aromatic carbocycles. The van der Waals surface area contributed by atoms with Crippen molar-refractivity contribution in [3.05, 3.63) is 58.1 Å². The summed E-state index contributed by atoms with van der Waals surface area (Å²) in [5.41, 5.74) is 1.22. The molecule has 0 radical (unpaired) electrons. The van der Waals surface area contributed by atoms with Gasteiger partial charge in [0, 0.05) is 23.5 Å². The minimum absolute atomic E-state index is 0.0770. The lowest BCUT2D eigenvalue weighted by Crippen LogP contribution is -2.44. The number of ether oxygens (including phenoxy) is 1. The van der Waals surface area contributed by atoms with Gasteiger partial charge in [-0.15, -0.1) is 0 Å². The van der Waals surface area contributed by atoms with Gasteiger partial charge in [-0.25, -0.2) is 0 Å². The van der Waals surface area contributed by atoms with Crippen LogP contribution in [0.1, 0.15) is 30.6 Å². The Kier molecular flexibility index (Phi) is 9.30. The zero-order chi connectivity index (χ0) is 23.0. The van der Waals surface area contributed by atoms with E-state index in [0.29, 0.717) is 22.8 Å². The Balaban J connectivity index is 2.12. The molecule has 0 aliphatic rings. The number of halogens is 2. The topological polar surface area (TPSA) is 96.5 Å². The SMILES string of the molecule is COCC(=O)Nc1cccc(NC(=O)C(CC(C)C)NC(=O)c2ccc(Cl)cc2Cl)c1. The number of amides is 3. The van der Waals surface area contributed by atoms with Gasteiger partial charge in [-0.3, -0.25) is 14.4 Å². The maximum Gasteiger partial charge on any atom is 0.253 e. The highest BCUT2D eigenvalue weighted by atomic mass is 35.5. The van der Waals surface area contributed by atoms with Gasteiger partial charge in [-0.05, 0) is 48.7 Å². The van der Waals surface area contributed by atoms with Crippen molar-refractivity contribution in [3.8, 4) is 0 Å². The minimum Gasteiger partial charge on any atom is -0.375 e. The Morgan fingerprint density at radius 3 is 2.29 bits per heavy atom. The molecule has 0 fully saturated rings. The summed E-state index contributed by atoms with van der Waals surface area (Å²) in [6.45, 7) is 3.83. The van der Waals surface area contributed by atoms with Crippen LogP contribution in [0.25, 0.3) is 0 Å². The lowest BCUT2D eigenvalue weighted by molar-refractivity contribution is -0.119. The van der Waals surface area contributed by atoms with E-state index in [1.54, 1.807) is 30.3 Å². The van der Waals surface area contributed by atoms with Crippen molar-refractivity contribution in [1.29, 1.82) is 0 Å². The summed E-state index contributed by atoms with van der Waals surface area (Å²) >= 11 is 12.0. The van der Waals surface area contributed by atoms with Crippen LogP contribution in [0.2, 0.25) is 10.0 Å². The van der Waals surface area contributed by atoms with Crippen molar-refractivity contribution >= 4 is 52.3 Å². The van der Waals surface area contributed by atoms with Gasteiger partial charge in [-0.1, -0.05) is 43.1 Å². The molecule has 0 saturated carbocycles. The summed E-state index contributed by atoms with van der Waals surface area (Å²) in [6.07, 6.45) is 0.424. The molecule has 1 unspecified atom stereocenters. The average molecular weight is 466 g/mol. The average Bonchev–Trinajstić information content (AvgIpc) is 2.67. The lowest BCUT2D eigenvalue weighted by Gasteiger charge is -2.21. The fraction of sp³-hybridized carbons (Fsp3) is 0.318. The zero-order valence-corrected chi connectivity index (χ0v) is 19.0. The summed E-state index contributed by atoms with van der Waals surface area (Å²) in [4.78, 5) is 37.3. The number of carbonyl (C=O) groups excluding carboxylic acids is 3. The molecule has 3 N–H and O–H groups in total. The van der Waals surface area contributed by atoms with Crippen LogP contribution >= 0.6 is 23.2 Å². The molecule has 166 valence electrons. The molecular formula is C22H25Cl2N3O4. The van der Waals surface area contributed by atoms with Crippen LogP contribution in [0.5, 0.6) is 0 Å². The summed E-state index contributed by atoms with van der Waals surface area (Å²) in [7, 11) is 1.43. The van der Waals surface area contributed by atoms with Crippen molar-refractivity contribution in [3.63, 3.8) is 0 Å². The first kappa shape index (κ1) is 24.7. The van der Waals surface area contributed by atoms with E-state index in [0.717, 1.165) is 0 Å². The first-order chi connectivity index (χ1) is 14.7. The number of methoxy groups -OCH3 is 1. The second-order valence-electron chi connectivity index (χ2n) is 7.33. The Bertz CT molecular complexity index is 950. The van der Waals surface area contributed by atoms with Gasteiger partial charge in [0.15, 0.2) is 0 Å². The molecule has 2 rings (SSSR count). The van der Waals surface area contributed by atoms with Crippen molar-refractivity contribution in [2.24, 2.45) is 5.92 Å². The van der Waals surface area contributed by atoms with Gasteiger partial charge in [0.2, 0.25) is 11.8 Å². The third kappa shape index (κ3) is 7.86. The molecule has 9 heteroatoms. The van der Waals surface area contributed by atoms with E-state index in [-0.39, 0.29) is 34.9 Å². The monoisotopic (exact) mass is 465 g/mol. The number of hydrogen-bond donors (Lipinski definition) is 3. The molecule has 3 amide bonds. The molecular weight excluding hydrogens is 441 g/mol. The third-order valence-electron chi connectivity index (χ3n) is 4.19. The van der Waals surface area contributed by atoms with Crippen molar-refractivity contribution < 1.29 is 19.1 Å². The van der Waals surface area contributed by atoms with Gasteiger partial charge in [0.1, 0.15) is 12.6 Å². The Labute approximate surface area is 191 Å². The van der Waals surface area contributed by atoms with Gasteiger partial charge < -0.3 is 20.7 Å². The van der Waals surface area contributed by atoms with E-state index >= 15 is 0 Å². The largest absolute Gasteiger partial charge is 0.375 e. The second-order valence-corrected chi connectivity index (χ2v) is 8.17. The lowest BCUT2D eigenvalue weighted by atomic mass is 10.0. The van der Waals surface area contributed by atoms with E-state index in [2.05, 4.69) is 16.0 Å². The summed E-state index contributed by atoms with van der Waals surface area (Å²) in [5, 5.41) is 8.81. The predicted molar refractivity (Wildman–Crippen MR) is 123 cm³/mol. The number of nitrogens with one attached hydrogen (secondary N) is 3. The number of anilines is 2. The quantitative estimate of drug-likeness (QED) is 0.512. The molecule has 0 saturated heterocycles. The van der Waals surface area contributed by atoms with Crippen LogP contribution in [0.4, 0.5) is 11.4 Å². The Hall–Kier alpha value is -2.61. The first-order valence-corrected chi connectivity index (χ1v) is 10.4. The molecule has 0 aliphatic heterocycles. The molecule has 0 aliphatic carbocycles. The van der Waals surface area contributed by atoms with Gasteiger partial charge in [-0.2, -0.15) is 0 Å². The summed E-state index contributed by atoms with van der Waals surface area (Å²) < 4.78 is 4.79. The molecule has 1 atom stereocenters. The fourth-order valence-electron chi connectivity index (χ4n) is 2.84. The van der Waals surface area contributed by atoms with Gasteiger partial charge in [0.25, 0.3) is 5.91 Å². The molecule has 0 aromatic heterocycles. The van der Waals surface area contributed by atoms with E-state index in [1.807, 2.05) is 13.8 Å². The smallest absolute Gasteiger partial charge is 0.253 e. The minimum atomic E-state index is -0.786. The first-order valence-electron chi connectivity index (χ1n) is 9.65. The third-order valence-corrected chi connectivity index (χ3v) is 4.74. The summed E-state index contributed by atoms with van der Waals surface area (Å²) in [5.74, 6) is -1.01. The number of hydrogen-bond acceptors (Lipinski definition) is 4. The normalized spacial score (nSPS) is 11.7. The predicted octanol–water partition coefficient (Wildman–Crippen LogP) is 4.36. The summed E-state index contributed by atoms with van der Waals surface area (Å²) in [6, 6.07) is 10.5. The highest BCUT2D eigenvalue weighted by Gasteiger charge is 2.24. The molecule has 7 nitrogen and oxygen atoms in total. The number of benzene rings is 2. The van der Waals surface area contributed by atoms with Crippen LogP contribution in [0, 0.1) is 5.92 Å². The van der Waals surface area contributed by atoms with Crippen LogP contribution < -0.4 is 16.0 Å². The van der Waals surface area contributed by atoms with E-state index in [1.165, 1.54) is 19.2 Å². The van der Waals surface area contributed by atoms with Crippen LogP contribution in [0.3, 0.4) is 0 Å². The van der Waals surface area contributed by atoms with Crippen molar-refractivity contribution in [2.75, 3.05) is 24.4 Å². The number of carbonyl (C=O) groups is 3. The zero-order valence-electron chi connectivity index (χ0n) is 17.5. The van der Waals surface area contributed by atoms with Crippen LogP contribution in [0.15, 0.2) is 42.5 Å². The maximum absolute atomic E-state index is 12.9. The van der Waals surface area contributed by atoms with E-state index < -0.39 is 11.9 Å². The van der Waals surface area contributed by atoms with Crippen LogP contribution in [-0.2, 0) is 14.3 Å². The molecule has 0 bridgehead atoms. The number of rotatable bonds is 9. The molecule has 2 aromatic rings. The standard InChI is InChI=1S/C22H25Cl2N3O4/c1-13(2)9-19(27-21(29)17-8-7-14(23)10-18(17)24)22(30)26-16-6-4-5-15(11-16)25-20(28)12-31-3/h4-8,10-11,13,19H,9,12H2,1-3H3,(H,25,28)(H,26,30)(H,27,29). The van der Waals surface area contributed by atoms with Gasteiger partial charge >= 0.3 is 0 Å². The van der Waals surface area contributed by atoms with Crippen LogP contribution in [-0.4, -0.2) is 37.5 Å². The van der Waals surface area contributed by atoms with Crippen molar-refractivity contribution in [2.45, 2.75) is 26.3 Å². The van der Waals surface area contributed by atoms with Crippen molar-refractivity contribution in [1.82, 2.24) is 5.32 Å². The molecule has 0 heterocycles. The maximum atomic E-state index is 12.9. The fourth-order valence-corrected chi connectivity index (χ4v) is 3.34. The molecule has 0 spiro atoms. The highest BCUT2D eigenvalue weighted by molar-refractivity contribution is 6.36. The molecule has 31 heavy (non-hydrogen) atoms. The van der Waals surface area contributed by atoms with E-state index in [4.69, 9.17) is 27.9 Å². The Morgan fingerprint density at radius 2 is 1.68 bits per heavy atom.